The Morgan fingerprint density at radius 1 is 1.62 bits per heavy atom. The third kappa shape index (κ3) is 3.11. The molecule has 1 N–H and O–H groups in total. The number of rotatable bonds is 4. The van der Waals surface area contributed by atoms with Crippen molar-refractivity contribution >= 4 is 0 Å². The normalized spacial score (nSPS) is 12.8. The van der Waals surface area contributed by atoms with Crippen LogP contribution in [0.5, 0.6) is 0 Å². The minimum Gasteiger partial charge on any atom is -0.317 e. The van der Waals surface area contributed by atoms with E-state index < -0.39 is 6.67 Å². The summed E-state index contributed by atoms with van der Waals surface area (Å²) < 4.78 is 12.3. The number of aromatic nitrogens is 1. The van der Waals surface area contributed by atoms with Gasteiger partial charge in [0.1, 0.15) is 6.67 Å². The van der Waals surface area contributed by atoms with Gasteiger partial charge in [-0.3, -0.25) is 4.98 Å². The van der Waals surface area contributed by atoms with Crippen LogP contribution in [0.2, 0.25) is 0 Å². The molecule has 72 valence electrons. The van der Waals surface area contributed by atoms with Crippen LogP contribution in [0, 0.1) is 0 Å². The van der Waals surface area contributed by atoms with Crippen LogP contribution in [0.25, 0.3) is 0 Å². The van der Waals surface area contributed by atoms with Crippen LogP contribution >= 0.6 is 0 Å². The average molecular weight is 182 g/mol. The summed E-state index contributed by atoms with van der Waals surface area (Å²) in [5.41, 5.74) is 1.64. The van der Waals surface area contributed by atoms with Crippen LogP contribution in [0.15, 0.2) is 18.3 Å². The Balaban J connectivity index is 2.66. The number of halogens is 1. The van der Waals surface area contributed by atoms with Gasteiger partial charge < -0.3 is 5.32 Å². The van der Waals surface area contributed by atoms with Gasteiger partial charge in [-0.05, 0) is 31.7 Å². The molecule has 0 saturated carbocycles. The van der Waals surface area contributed by atoms with E-state index in [0.717, 1.165) is 12.1 Å². The smallest absolute Gasteiger partial charge is 0.115 e. The quantitative estimate of drug-likeness (QED) is 0.766. The van der Waals surface area contributed by atoms with Crippen molar-refractivity contribution in [1.29, 1.82) is 0 Å². The van der Waals surface area contributed by atoms with Crippen LogP contribution < -0.4 is 5.32 Å². The largest absolute Gasteiger partial charge is 0.317 e. The Kier molecular flexibility index (Phi) is 3.83. The van der Waals surface area contributed by atoms with Gasteiger partial charge in [0, 0.05) is 24.4 Å². The molecule has 0 radical (unpaired) electrons. The first-order valence-electron chi connectivity index (χ1n) is 4.43. The Labute approximate surface area is 78.2 Å². The number of pyridine rings is 1. The molecule has 0 fully saturated rings. The van der Waals surface area contributed by atoms with E-state index in [-0.39, 0.29) is 0 Å². The average Bonchev–Trinajstić information content (AvgIpc) is 2.18. The molecule has 0 aliphatic rings. The molecule has 0 amide bonds. The van der Waals surface area contributed by atoms with Crippen LogP contribution in [0.4, 0.5) is 4.39 Å². The van der Waals surface area contributed by atoms with Gasteiger partial charge in [0.2, 0.25) is 0 Å². The van der Waals surface area contributed by atoms with Crippen molar-refractivity contribution in [2.75, 3.05) is 7.05 Å². The number of hydrogen-bond donors (Lipinski definition) is 1. The number of nitrogens with zero attached hydrogens (tertiary/aromatic N) is 1. The van der Waals surface area contributed by atoms with Crippen LogP contribution in [-0.4, -0.2) is 18.1 Å². The van der Waals surface area contributed by atoms with Crippen molar-refractivity contribution in [1.82, 2.24) is 10.3 Å². The lowest BCUT2D eigenvalue weighted by atomic mass is 10.1. The van der Waals surface area contributed by atoms with Gasteiger partial charge in [-0.1, -0.05) is 0 Å². The fraction of sp³-hybridized carbons (Fsp3) is 0.500. The molecule has 0 aliphatic carbocycles. The van der Waals surface area contributed by atoms with Crippen LogP contribution in [0.3, 0.4) is 0 Å². The SMILES string of the molecule is CNC(C)Cc1cc(CF)ccn1. The summed E-state index contributed by atoms with van der Waals surface area (Å²) in [4.78, 5) is 4.17. The third-order valence-corrected chi connectivity index (χ3v) is 2.04. The van der Waals surface area contributed by atoms with E-state index in [4.69, 9.17) is 0 Å². The van der Waals surface area contributed by atoms with Crippen molar-refractivity contribution in [2.24, 2.45) is 0 Å². The highest BCUT2D eigenvalue weighted by molar-refractivity contribution is 5.16. The molecular weight excluding hydrogens is 167 g/mol. The molecule has 0 bridgehead atoms. The second-order valence-electron chi connectivity index (χ2n) is 3.18. The Morgan fingerprint density at radius 3 is 3.00 bits per heavy atom. The lowest BCUT2D eigenvalue weighted by molar-refractivity contribution is 0.484. The Hall–Kier alpha value is -0.960. The number of hydrogen-bond acceptors (Lipinski definition) is 2. The standard InChI is InChI=1S/C10H15FN2/c1-8(12-2)5-10-6-9(7-11)3-4-13-10/h3-4,6,8,12H,5,7H2,1-2H3. The van der Waals surface area contributed by atoms with Gasteiger partial charge in [-0.15, -0.1) is 0 Å². The van der Waals surface area contributed by atoms with E-state index >= 15 is 0 Å². The maximum absolute atomic E-state index is 12.3. The first-order valence-corrected chi connectivity index (χ1v) is 4.43. The summed E-state index contributed by atoms with van der Waals surface area (Å²) in [5.74, 6) is 0. The first-order chi connectivity index (χ1) is 6.26. The van der Waals surface area contributed by atoms with Crippen LogP contribution in [0.1, 0.15) is 18.2 Å². The highest BCUT2D eigenvalue weighted by Crippen LogP contribution is 2.05. The van der Waals surface area contributed by atoms with Gasteiger partial charge in [-0.2, -0.15) is 0 Å². The molecule has 13 heavy (non-hydrogen) atoms. The molecule has 0 aliphatic heterocycles. The van der Waals surface area contributed by atoms with Crippen molar-refractivity contribution < 1.29 is 4.39 Å². The predicted octanol–water partition coefficient (Wildman–Crippen LogP) is 1.70. The minimum atomic E-state index is -0.413. The molecule has 0 aromatic carbocycles. The summed E-state index contributed by atoms with van der Waals surface area (Å²) in [6.45, 7) is 1.66. The van der Waals surface area contributed by atoms with Crippen molar-refractivity contribution in [3.8, 4) is 0 Å². The molecule has 0 saturated heterocycles. The third-order valence-electron chi connectivity index (χ3n) is 2.04. The monoisotopic (exact) mass is 182 g/mol. The predicted molar refractivity (Wildman–Crippen MR) is 51.3 cm³/mol. The van der Waals surface area contributed by atoms with E-state index in [1.54, 1.807) is 12.3 Å². The zero-order valence-corrected chi connectivity index (χ0v) is 8.05. The lowest BCUT2D eigenvalue weighted by Gasteiger charge is -2.09. The van der Waals surface area contributed by atoms with E-state index in [0.29, 0.717) is 11.6 Å². The zero-order chi connectivity index (χ0) is 9.68. The summed E-state index contributed by atoms with van der Waals surface area (Å²) in [6, 6.07) is 3.89. The summed E-state index contributed by atoms with van der Waals surface area (Å²) in [5, 5.41) is 3.12. The number of nitrogens with one attached hydrogen (secondary N) is 1. The van der Waals surface area contributed by atoms with Gasteiger partial charge in [-0.25, -0.2) is 4.39 Å². The molecule has 1 aromatic rings. The minimum absolute atomic E-state index is 0.377. The topological polar surface area (TPSA) is 24.9 Å². The van der Waals surface area contributed by atoms with Gasteiger partial charge >= 0.3 is 0 Å². The lowest BCUT2D eigenvalue weighted by Crippen LogP contribution is -2.23. The van der Waals surface area contributed by atoms with Crippen LogP contribution in [-0.2, 0) is 13.1 Å². The van der Waals surface area contributed by atoms with Gasteiger partial charge in [0.25, 0.3) is 0 Å². The van der Waals surface area contributed by atoms with E-state index in [1.807, 2.05) is 13.1 Å². The van der Waals surface area contributed by atoms with Gasteiger partial charge in [0.05, 0.1) is 0 Å². The highest BCUT2D eigenvalue weighted by Gasteiger charge is 2.02. The molecule has 0 spiro atoms. The Bertz CT molecular complexity index is 263. The fourth-order valence-electron chi connectivity index (χ4n) is 1.14. The van der Waals surface area contributed by atoms with Gasteiger partial charge in [0.15, 0.2) is 0 Å². The maximum atomic E-state index is 12.3. The van der Waals surface area contributed by atoms with Crippen molar-refractivity contribution in [2.45, 2.75) is 26.1 Å². The zero-order valence-electron chi connectivity index (χ0n) is 8.05. The highest BCUT2D eigenvalue weighted by atomic mass is 19.1. The fourth-order valence-corrected chi connectivity index (χ4v) is 1.14. The maximum Gasteiger partial charge on any atom is 0.115 e. The second kappa shape index (κ2) is 4.92. The first kappa shape index (κ1) is 10.1. The molecule has 1 rings (SSSR count). The van der Waals surface area contributed by atoms with E-state index in [2.05, 4.69) is 17.2 Å². The Morgan fingerprint density at radius 2 is 2.38 bits per heavy atom. The second-order valence-corrected chi connectivity index (χ2v) is 3.18. The molecule has 1 heterocycles. The molecular formula is C10H15FN2. The molecule has 2 nitrogen and oxygen atoms in total. The molecule has 1 aromatic heterocycles. The summed E-state index contributed by atoms with van der Waals surface area (Å²) in [6.07, 6.45) is 2.50. The summed E-state index contributed by atoms with van der Waals surface area (Å²) in [7, 11) is 1.91. The number of likely N-dealkylation sites (N-methyl/N-ethyl adjacent to an activating group) is 1. The number of alkyl halides is 1. The van der Waals surface area contributed by atoms with E-state index in [9.17, 15) is 4.39 Å². The van der Waals surface area contributed by atoms with Crippen molar-refractivity contribution in [3.05, 3.63) is 29.6 Å². The van der Waals surface area contributed by atoms with E-state index in [1.165, 1.54) is 0 Å². The van der Waals surface area contributed by atoms with Crippen molar-refractivity contribution in [3.63, 3.8) is 0 Å². The molecule has 1 unspecified atom stereocenters. The summed E-state index contributed by atoms with van der Waals surface area (Å²) >= 11 is 0. The molecule has 1 atom stereocenters. The molecule has 3 heteroatoms.